The Labute approximate surface area is 115 Å². The fraction of sp³-hybridized carbons (Fsp3) is 0.846. The molecule has 0 aliphatic carbocycles. The molecule has 2 N–H and O–H groups in total. The first-order valence-corrected chi connectivity index (χ1v) is 7.32. The fourth-order valence-corrected chi connectivity index (χ4v) is 2.54. The van der Waals surface area contributed by atoms with Crippen LogP contribution >= 0.6 is 12.2 Å². The Kier molecular flexibility index (Phi) is 7.20. The smallest absolute Gasteiger partial charge is 0.236 e. The molecule has 18 heavy (non-hydrogen) atoms. The highest BCUT2D eigenvalue weighted by Gasteiger charge is 2.18. The molecule has 1 rings (SSSR count). The van der Waals surface area contributed by atoms with Crippen molar-refractivity contribution in [2.24, 2.45) is 5.73 Å². The lowest BCUT2D eigenvalue weighted by molar-refractivity contribution is -0.132. The Balaban J connectivity index is 2.45. The first-order chi connectivity index (χ1) is 8.63. The molecule has 0 atom stereocenters. The molecule has 0 spiro atoms. The van der Waals surface area contributed by atoms with Crippen LogP contribution in [0.15, 0.2) is 0 Å². The van der Waals surface area contributed by atoms with Gasteiger partial charge in [-0.1, -0.05) is 32.0 Å². The van der Waals surface area contributed by atoms with E-state index in [1.807, 2.05) is 4.90 Å². The molecule has 1 aliphatic heterocycles. The van der Waals surface area contributed by atoms with E-state index in [1.54, 1.807) is 0 Å². The maximum atomic E-state index is 12.2. The number of rotatable bonds is 6. The highest BCUT2D eigenvalue weighted by molar-refractivity contribution is 7.80. The summed E-state index contributed by atoms with van der Waals surface area (Å²) in [4.78, 5) is 16.7. The molecule has 0 aromatic rings. The highest BCUT2D eigenvalue weighted by atomic mass is 32.1. The molecule has 1 amide bonds. The van der Waals surface area contributed by atoms with Gasteiger partial charge < -0.3 is 10.6 Å². The molecule has 104 valence electrons. The second kappa shape index (κ2) is 8.43. The number of amides is 1. The van der Waals surface area contributed by atoms with Gasteiger partial charge in [0.2, 0.25) is 5.91 Å². The van der Waals surface area contributed by atoms with Gasteiger partial charge in [0.1, 0.15) is 0 Å². The molecular weight excluding hydrogens is 246 g/mol. The third-order valence-electron chi connectivity index (χ3n) is 3.24. The Hall–Kier alpha value is -0.680. The van der Waals surface area contributed by atoms with Crippen molar-refractivity contribution in [2.45, 2.75) is 39.0 Å². The summed E-state index contributed by atoms with van der Waals surface area (Å²) in [5.74, 6) is 0.224. The van der Waals surface area contributed by atoms with Crippen molar-refractivity contribution in [2.75, 3.05) is 32.7 Å². The lowest BCUT2D eigenvalue weighted by Crippen LogP contribution is -2.43. The Morgan fingerprint density at radius 3 is 2.33 bits per heavy atom. The Morgan fingerprint density at radius 2 is 1.83 bits per heavy atom. The van der Waals surface area contributed by atoms with Gasteiger partial charge in [-0.25, -0.2) is 0 Å². The van der Waals surface area contributed by atoms with Crippen LogP contribution in [0.1, 0.15) is 39.0 Å². The van der Waals surface area contributed by atoms with Crippen LogP contribution < -0.4 is 5.73 Å². The normalized spacial score (nSPS) is 16.7. The fourth-order valence-electron chi connectivity index (χ4n) is 2.36. The zero-order chi connectivity index (χ0) is 13.4. The average Bonchev–Trinajstić information content (AvgIpc) is 2.56. The maximum Gasteiger partial charge on any atom is 0.236 e. The van der Waals surface area contributed by atoms with Crippen LogP contribution in [0.2, 0.25) is 0 Å². The van der Waals surface area contributed by atoms with Gasteiger partial charge in [-0.15, -0.1) is 0 Å². The molecule has 4 nitrogen and oxygen atoms in total. The lowest BCUT2D eigenvalue weighted by Gasteiger charge is -2.26. The SMILES string of the molecule is CCCN(CC(=O)N1CCCCCC1)CC(N)=S. The van der Waals surface area contributed by atoms with Gasteiger partial charge in [0.05, 0.1) is 11.5 Å². The number of hydrogen-bond donors (Lipinski definition) is 1. The molecule has 0 unspecified atom stereocenters. The van der Waals surface area contributed by atoms with Crippen LogP contribution in [0.4, 0.5) is 0 Å². The molecule has 0 aromatic carbocycles. The van der Waals surface area contributed by atoms with Crippen molar-refractivity contribution in [3.8, 4) is 0 Å². The van der Waals surface area contributed by atoms with E-state index in [4.69, 9.17) is 18.0 Å². The number of carbonyl (C=O) groups excluding carboxylic acids is 1. The Bertz CT molecular complexity index is 275. The topological polar surface area (TPSA) is 49.6 Å². The predicted octanol–water partition coefficient (Wildman–Crippen LogP) is 1.39. The van der Waals surface area contributed by atoms with Crippen molar-refractivity contribution in [1.29, 1.82) is 0 Å². The second-order valence-corrected chi connectivity index (χ2v) is 5.50. The number of nitrogens with two attached hydrogens (primary N) is 1. The zero-order valence-corrected chi connectivity index (χ0v) is 12.2. The molecule has 0 radical (unpaired) electrons. The minimum Gasteiger partial charge on any atom is -0.392 e. The summed E-state index contributed by atoms with van der Waals surface area (Å²) in [6.45, 7) is 5.78. The van der Waals surface area contributed by atoms with Gasteiger partial charge in [-0.05, 0) is 25.8 Å². The van der Waals surface area contributed by atoms with E-state index in [-0.39, 0.29) is 5.91 Å². The largest absolute Gasteiger partial charge is 0.392 e. The van der Waals surface area contributed by atoms with Crippen LogP contribution in [-0.4, -0.2) is 53.4 Å². The van der Waals surface area contributed by atoms with E-state index >= 15 is 0 Å². The van der Waals surface area contributed by atoms with E-state index in [2.05, 4.69) is 11.8 Å². The summed E-state index contributed by atoms with van der Waals surface area (Å²) in [6, 6.07) is 0. The summed E-state index contributed by atoms with van der Waals surface area (Å²) in [6.07, 6.45) is 5.77. The van der Waals surface area contributed by atoms with Gasteiger partial charge in [0, 0.05) is 19.6 Å². The van der Waals surface area contributed by atoms with E-state index in [0.717, 1.165) is 38.9 Å². The standard InChI is InChI=1S/C13H25N3OS/c1-2-7-15(10-12(14)18)11-13(17)16-8-5-3-4-6-9-16/h2-11H2,1H3,(H2,14,18). The maximum absolute atomic E-state index is 12.2. The van der Waals surface area contributed by atoms with Crippen LogP contribution in [-0.2, 0) is 4.79 Å². The van der Waals surface area contributed by atoms with E-state index in [1.165, 1.54) is 12.8 Å². The van der Waals surface area contributed by atoms with Gasteiger partial charge in [0.15, 0.2) is 0 Å². The average molecular weight is 271 g/mol. The van der Waals surface area contributed by atoms with Gasteiger partial charge in [0.25, 0.3) is 0 Å². The van der Waals surface area contributed by atoms with E-state index in [0.29, 0.717) is 18.1 Å². The predicted molar refractivity (Wildman–Crippen MR) is 78.6 cm³/mol. The third-order valence-corrected chi connectivity index (χ3v) is 3.37. The number of nitrogens with zero attached hydrogens (tertiary/aromatic N) is 2. The molecule has 1 saturated heterocycles. The number of likely N-dealkylation sites (tertiary alicyclic amines) is 1. The quantitative estimate of drug-likeness (QED) is 0.742. The molecule has 0 bridgehead atoms. The van der Waals surface area contributed by atoms with Crippen molar-refractivity contribution in [3.63, 3.8) is 0 Å². The molecule has 0 saturated carbocycles. The Morgan fingerprint density at radius 1 is 1.22 bits per heavy atom. The van der Waals surface area contributed by atoms with Gasteiger partial charge >= 0.3 is 0 Å². The first-order valence-electron chi connectivity index (χ1n) is 6.92. The number of thiocarbonyl (C=S) groups is 1. The summed E-state index contributed by atoms with van der Waals surface area (Å²) in [5.41, 5.74) is 5.57. The molecule has 5 heteroatoms. The molecule has 1 aliphatic rings. The number of hydrogen-bond acceptors (Lipinski definition) is 3. The minimum atomic E-state index is 0.224. The molecular formula is C13H25N3OS. The zero-order valence-electron chi connectivity index (χ0n) is 11.4. The summed E-state index contributed by atoms with van der Waals surface area (Å²) < 4.78 is 0. The molecule has 1 fully saturated rings. The highest BCUT2D eigenvalue weighted by Crippen LogP contribution is 2.10. The minimum absolute atomic E-state index is 0.224. The lowest BCUT2D eigenvalue weighted by atomic mass is 10.2. The van der Waals surface area contributed by atoms with Crippen LogP contribution in [0.25, 0.3) is 0 Å². The third kappa shape index (κ3) is 5.78. The van der Waals surface area contributed by atoms with Crippen molar-refractivity contribution < 1.29 is 4.79 Å². The molecule has 0 aromatic heterocycles. The summed E-state index contributed by atoms with van der Waals surface area (Å²) in [5, 5.41) is 0. The van der Waals surface area contributed by atoms with Gasteiger partial charge in [-0.2, -0.15) is 0 Å². The summed E-state index contributed by atoms with van der Waals surface area (Å²) >= 11 is 4.93. The van der Waals surface area contributed by atoms with Crippen LogP contribution in [0.3, 0.4) is 0 Å². The van der Waals surface area contributed by atoms with Crippen molar-refractivity contribution >= 4 is 23.1 Å². The van der Waals surface area contributed by atoms with Crippen LogP contribution in [0.5, 0.6) is 0 Å². The van der Waals surface area contributed by atoms with Crippen molar-refractivity contribution in [3.05, 3.63) is 0 Å². The molecule has 1 heterocycles. The monoisotopic (exact) mass is 271 g/mol. The number of carbonyl (C=O) groups is 1. The summed E-state index contributed by atoms with van der Waals surface area (Å²) in [7, 11) is 0. The van der Waals surface area contributed by atoms with E-state index in [9.17, 15) is 4.79 Å². The van der Waals surface area contributed by atoms with Crippen LogP contribution in [0, 0.1) is 0 Å². The van der Waals surface area contributed by atoms with Crippen molar-refractivity contribution in [1.82, 2.24) is 9.80 Å². The van der Waals surface area contributed by atoms with Gasteiger partial charge in [-0.3, -0.25) is 9.69 Å². The first kappa shape index (κ1) is 15.4. The van der Waals surface area contributed by atoms with E-state index < -0.39 is 0 Å². The second-order valence-electron chi connectivity index (χ2n) is 4.97.